The van der Waals surface area contributed by atoms with Crippen LogP contribution in [0.2, 0.25) is 0 Å². The molecule has 1 aromatic carbocycles. The SMILES string of the molecule is Cl.O=C(NC1CC2CCC(C1)N2)c1nc(-c2cccs2)n(-c2ccccc2)n1. The van der Waals surface area contributed by atoms with E-state index in [4.69, 9.17) is 0 Å². The summed E-state index contributed by atoms with van der Waals surface area (Å²) in [7, 11) is 0. The van der Waals surface area contributed by atoms with Crippen molar-refractivity contribution in [2.24, 2.45) is 0 Å². The molecule has 2 N–H and O–H groups in total. The number of thiophene rings is 1. The van der Waals surface area contributed by atoms with Gasteiger partial charge in [0, 0.05) is 18.1 Å². The first-order valence-corrected chi connectivity index (χ1v) is 10.3. The van der Waals surface area contributed by atoms with Crippen molar-refractivity contribution in [1.82, 2.24) is 25.4 Å². The maximum atomic E-state index is 12.8. The number of benzene rings is 1. The summed E-state index contributed by atoms with van der Waals surface area (Å²) < 4.78 is 1.76. The fourth-order valence-corrected chi connectivity index (χ4v) is 4.85. The molecule has 8 heteroatoms. The van der Waals surface area contributed by atoms with Crippen LogP contribution in [0, 0.1) is 0 Å². The Morgan fingerprint density at radius 2 is 1.86 bits per heavy atom. The number of hydrogen-bond acceptors (Lipinski definition) is 5. The van der Waals surface area contributed by atoms with Crippen LogP contribution in [-0.2, 0) is 0 Å². The molecule has 0 radical (unpaired) electrons. The van der Waals surface area contributed by atoms with Gasteiger partial charge in [0.15, 0.2) is 5.82 Å². The molecule has 3 aromatic rings. The first-order valence-electron chi connectivity index (χ1n) is 9.39. The number of aromatic nitrogens is 3. The number of carbonyl (C=O) groups is 1. The lowest BCUT2D eigenvalue weighted by atomic mass is 10.00. The summed E-state index contributed by atoms with van der Waals surface area (Å²) in [6.07, 6.45) is 4.39. The number of carbonyl (C=O) groups excluding carboxylic acids is 1. The number of fused-ring (bicyclic) bond motifs is 2. The monoisotopic (exact) mass is 415 g/mol. The third-order valence-electron chi connectivity index (χ3n) is 5.36. The molecule has 146 valence electrons. The standard InChI is InChI=1S/C20H21N5OS.ClH/c26-20(22-15-11-13-8-9-14(12-15)21-13)18-23-19(17-7-4-10-27-17)25(24-18)16-5-2-1-3-6-16;/h1-7,10,13-15,21H,8-9,11-12H2,(H,22,26);1H. The molecule has 2 bridgehead atoms. The quantitative estimate of drug-likeness (QED) is 0.684. The first-order chi connectivity index (χ1) is 13.3. The summed E-state index contributed by atoms with van der Waals surface area (Å²) in [5, 5.41) is 13.3. The predicted octanol–water partition coefficient (Wildman–Crippen LogP) is 3.43. The van der Waals surface area contributed by atoms with Crippen LogP contribution in [0.25, 0.3) is 16.4 Å². The Balaban J connectivity index is 0.00000192. The molecular weight excluding hydrogens is 394 g/mol. The molecule has 5 rings (SSSR count). The third-order valence-corrected chi connectivity index (χ3v) is 6.23. The normalized spacial score (nSPS) is 23.2. The molecule has 2 unspecified atom stereocenters. The van der Waals surface area contributed by atoms with Crippen molar-refractivity contribution in [1.29, 1.82) is 0 Å². The Morgan fingerprint density at radius 3 is 2.54 bits per heavy atom. The summed E-state index contributed by atoms with van der Waals surface area (Å²) in [5.74, 6) is 0.744. The molecule has 2 aliphatic heterocycles. The van der Waals surface area contributed by atoms with E-state index in [1.165, 1.54) is 12.8 Å². The van der Waals surface area contributed by atoms with Crippen molar-refractivity contribution < 1.29 is 4.79 Å². The van der Waals surface area contributed by atoms with Crippen molar-refractivity contribution in [3.05, 3.63) is 53.7 Å². The molecule has 4 heterocycles. The van der Waals surface area contributed by atoms with Gasteiger partial charge in [0.05, 0.1) is 10.6 Å². The number of rotatable bonds is 4. The van der Waals surface area contributed by atoms with Gasteiger partial charge in [-0.25, -0.2) is 9.67 Å². The summed E-state index contributed by atoms with van der Waals surface area (Å²) in [5.41, 5.74) is 0.896. The average molecular weight is 416 g/mol. The van der Waals surface area contributed by atoms with Gasteiger partial charge >= 0.3 is 0 Å². The Bertz CT molecular complexity index is 931. The Hall–Kier alpha value is -2.22. The van der Waals surface area contributed by atoms with Gasteiger partial charge in [0.2, 0.25) is 5.82 Å². The average Bonchev–Trinajstić information content (AvgIpc) is 3.42. The Kier molecular flexibility index (Phi) is 5.48. The molecule has 2 aliphatic rings. The summed E-state index contributed by atoms with van der Waals surface area (Å²) in [6.45, 7) is 0. The fraction of sp³-hybridized carbons (Fsp3) is 0.350. The van der Waals surface area contributed by atoms with E-state index in [-0.39, 0.29) is 30.2 Å². The second-order valence-corrected chi connectivity index (χ2v) is 8.21. The highest BCUT2D eigenvalue weighted by Crippen LogP contribution is 2.28. The highest BCUT2D eigenvalue weighted by atomic mass is 35.5. The molecule has 2 aromatic heterocycles. The molecule has 28 heavy (non-hydrogen) atoms. The molecule has 1 amide bonds. The van der Waals surface area contributed by atoms with Gasteiger partial charge in [-0.1, -0.05) is 24.3 Å². The van der Waals surface area contributed by atoms with Crippen molar-refractivity contribution in [2.45, 2.75) is 43.8 Å². The highest BCUT2D eigenvalue weighted by Gasteiger charge is 2.34. The molecule has 0 spiro atoms. The van der Waals surface area contributed by atoms with Gasteiger partial charge in [-0.05, 0) is 49.3 Å². The lowest BCUT2D eigenvalue weighted by molar-refractivity contribution is 0.0913. The van der Waals surface area contributed by atoms with E-state index in [9.17, 15) is 4.79 Å². The second-order valence-electron chi connectivity index (χ2n) is 7.26. The minimum atomic E-state index is -0.186. The van der Waals surface area contributed by atoms with Gasteiger partial charge < -0.3 is 10.6 Å². The van der Waals surface area contributed by atoms with E-state index in [1.54, 1.807) is 16.0 Å². The van der Waals surface area contributed by atoms with Crippen LogP contribution in [-0.4, -0.2) is 38.8 Å². The summed E-state index contributed by atoms with van der Waals surface area (Å²) in [4.78, 5) is 18.4. The molecule has 6 nitrogen and oxygen atoms in total. The lowest BCUT2D eigenvalue weighted by Crippen LogP contribution is -2.48. The van der Waals surface area contributed by atoms with E-state index in [1.807, 2.05) is 47.8 Å². The number of hydrogen-bond donors (Lipinski definition) is 2. The van der Waals surface area contributed by atoms with Crippen LogP contribution < -0.4 is 10.6 Å². The van der Waals surface area contributed by atoms with Gasteiger partial charge in [-0.2, -0.15) is 0 Å². The van der Waals surface area contributed by atoms with Crippen LogP contribution in [0.3, 0.4) is 0 Å². The van der Waals surface area contributed by atoms with Gasteiger partial charge in [0.25, 0.3) is 5.91 Å². The number of para-hydroxylation sites is 1. The van der Waals surface area contributed by atoms with Gasteiger partial charge in [-0.3, -0.25) is 4.79 Å². The smallest absolute Gasteiger partial charge is 0.291 e. The molecule has 2 fully saturated rings. The molecule has 2 saturated heterocycles. The fourth-order valence-electron chi connectivity index (χ4n) is 4.15. The van der Waals surface area contributed by atoms with Crippen LogP contribution in [0.15, 0.2) is 47.8 Å². The number of nitrogens with one attached hydrogen (secondary N) is 2. The van der Waals surface area contributed by atoms with Crippen molar-refractivity contribution in [2.75, 3.05) is 0 Å². The zero-order valence-corrected chi connectivity index (χ0v) is 16.9. The minimum Gasteiger partial charge on any atom is -0.346 e. The van der Waals surface area contributed by atoms with Gasteiger partial charge in [-0.15, -0.1) is 28.8 Å². The minimum absolute atomic E-state index is 0. The number of nitrogens with zero attached hydrogens (tertiary/aromatic N) is 3. The van der Waals surface area contributed by atoms with E-state index in [0.717, 1.165) is 23.4 Å². The number of piperidine rings is 1. The van der Waals surface area contributed by atoms with Crippen LogP contribution in [0.1, 0.15) is 36.3 Å². The topological polar surface area (TPSA) is 71.8 Å². The maximum absolute atomic E-state index is 12.8. The van der Waals surface area contributed by atoms with Crippen molar-refractivity contribution in [3.8, 4) is 16.4 Å². The third kappa shape index (κ3) is 3.70. The Morgan fingerprint density at radius 1 is 1.11 bits per heavy atom. The van der Waals surface area contributed by atoms with E-state index < -0.39 is 0 Å². The van der Waals surface area contributed by atoms with Crippen molar-refractivity contribution in [3.63, 3.8) is 0 Å². The number of amides is 1. The van der Waals surface area contributed by atoms with Gasteiger partial charge in [0.1, 0.15) is 0 Å². The first kappa shape index (κ1) is 19.1. The predicted molar refractivity (Wildman–Crippen MR) is 112 cm³/mol. The number of halogens is 1. The maximum Gasteiger partial charge on any atom is 0.291 e. The van der Waals surface area contributed by atoms with E-state index in [0.29, 0.717) is 17.9 Å². The zero-order valence-electron chi connectivity index (χ0n) is 15.2. The molecule has 0 aliphatic carbocycles. The van der Waals surface area contributed by atoms with Crippen LogP contribution in [0.4, 0.5) is 0 Å². The zero-order chi connectivity index (χ0) is 18.2. The van der Waals surface area contributed by atoms with Crippen molar-refractivity contribution >= 4 is 29.7 Å². The summed E-state index contributed by atoms with van der Waals surface area (Å²) >= 11 is 1.59. The molecule has 0 saturated carbocycles. The van der Waals surface area contributed by atoms with E-state index >= 15 is 0 Å². The molecule has 2 atom stereocenters. The second kappa shape index (κ2) is 8.03. The summed E-state index contributed by atoms with van der Waals surface area (Å²) in [6, 6.07) is 15.1. The Labute approximate surface area is 173 Å². The molecular formula is C20H22ClN5OS. The van der Waals surface area contributed by atoms with Crippen LogP contribution >= 0.6 is 23.7 Å². The van der Waals surface area contributed by atoms with Crippen LogP contribution in [0.5, 0.6) is 0 Å². The highest BCUT2D eigenvalue weighted by molar-refractivity contribution is 7.13. The largest absolute Gasteiger partial charge is 0.346 e. The van der Waals surface area contributed by atoms with E-state index in [2.05, 4.69) is 20.7 Å². The lowest BCUT2D eigenvalue weighted by Gasteiger charge is -2.29.